The van der Waals surface area contributed by atoms with Crippen LogP contribution in [0, 0.1) is 0 Å². The molecular formula is C18H24Cl2N2O2. The number of nitrogens with zero attached hydrogens (tertiary/aromatic N) is 2. The van der Waals surface area contributed by atoms with Crippen LogP contribution in [0.3, 0.4) is 0 Å². The number of piperidine rings is 1. The topological polar surface area (TPSA) is 40.6 Å². The summed E-state index contributed by atoms with van der Waals surface area (Å²) in [5, 5.41) is 1.20. The Balaban J connectivity index is 1.85. The van der Waals surface area contributed by atoms with Gasteiger partial charge in [0.2, 0.25) is 11.8 Å². The SMILES string of the molecule is CC(=O)N(CCC(=O)N1CCCCC1)CCc1ccc(Cl)cc1Cl. The number of carbonyl (C=O) groups excluding carboxylic acids is 2. The van der Waals surface area contributed by atoms with Crippen molar-refractivity contribution in [2.75, 3.05) is 26.2 Å². The lowest BCUT2D eigenvalue weighted by atomic mass is 10.1. The van der Waals surface area contributed by atoms with Gasteiger partial charge in [-0.1, -0.05) is 29.3 Å². The van der Waals surface area contributed by atoms with Crippen molar-refractivity contribution in [1.29, 1.82) is 0 Å². The maximum Gasteiger partial charge on any atom is 0.224 e. The van der Waals surface area contributed by atoms with E-state index in [1.165, 1.54) is 13.3 Å². The van der Waals surface area contributed by atoms with Crippen molar-refractivity contribution in [2.24, 2.45) is 0 Å². The molecule has 1 aromatic rings. The zero-order valence-electron chi connectivity index (χ0n) is 14.1. The maximum absolute atomic E-state index is 12.2. The van der Waals surface area contributed by atoms with E-state index in [4.69, 9.17) is 23.2 Å². The first-order valence-corrected chi connectivity index (χ1v) is 9.20. The van der Waals surface area contributed by atoms with Gasteiger partial charge in [0.1, 0.15) is 0 Å². The van der Waals surface area contributed by atoms with Crippen LogP contribution < -0.4 is 0 Å². The van der Waals surface area contributed by atoms with E-state index in [9.17, 15) is 9.59 Å². The van der Waals surface area contributed by atoms with Crippen LogP contribution >= 0.6 is 23.2 Å². The van der Waals surface area contributed by atoms with Crippen LogP contribution in [0.1, 0.15) is 38.2 Å². The summed E-state index contributed by atoms with van der Waals surface area (Å²) in [6, 6.07) is 5.37. The molecule has 0 aliphatic carbocycles. The van der Waals surface area contributed by atoms with E-state index >= 15 is 0 Å². The lowest BCUT2D eigenvalue weighted by molar-refractivity contribution is -0.134. The monoisotopic (exact) mass is 370 g/mol. The number of benzene rings is 1. The van der Waals surface area contributed by atoms with Gasteiger partial charge in [0.25, 0.3) is 0 Å². The van der Waals surface area contributed by atoms with Gasteiger partial charge in [-0.3, -0.25) is 9.59 Å². The average Bonchev–Trinajstić information content (AvgIpc) is 2.56. The first-order valence-electron chi connectivity index (χ1n) is 8.44. The Morgan fingerprint density at radius 1 is 1.12 bits per heavy atom. The number of amides is 2. The van der Waals surface area contributed by atoms with Crippen LogP contribution in [0.15, 0.2) is 18.2 Å². The lowest BCUT2D eigenvalue weighted by Gasteiger charge is -2.28. The van der Waals surface area contributed by atoms with Gasteiger partial charge in [-0.25, -0.2) is 0 Å². The summed E-state index contributed by atoms with van der Waals surface area (Å²) in [5.41, 5.74) is 0.953. The van der Waals surface area contributed by atoms with Crippen LogP contribution in [0.4, 0.5) is 0 Å². The molecule has 132 valence electrons. The van der Waals surface area contributed by atoms with Gasteiger partial charge in [-0.05, 0) is 43.4 Å². The number of halogens is 2. The normalized spacial score (nSPS) is 14.5. The predicted molar refractivity (Wildman–Crippen MR) is 97.5 cm³/mol. The predicted octanol–water partition coefficient (Wildman–Crippen LogP) is 3.79. The smallest absolute Gasteiger partial charge is 0.224 e. The molecule has 0 aromatic heterocycles. The minimum atomic E-state index is -0.0217. The summed E-state index contributed by atoms with van der Waals surface area (Å²) in [4.78, 5) is 27.7. The zero-order chi connectivity index (χ0) is 17.5. The number of hydrogen-bond acceptors (Lipinski definition) is 2. The molecule has 24 heavy (non-hydrogen) atoms. The Hall–Kier alpha value is -1.26. The van der Waals surface area contributed by atoms with E-state index in [0.29, 0.717) is 36.0 Å². The summed E-state index contributed by atoms with van der Waals surface area (Å²) in [6.45, 7) is 4.23. The quantitative estimate of drug-likeness (QED) is 0.764. The number of rotatable bonds is 6. The Morgan fingerprint density at radius 2 is 1.83 bits per heavy atom. The second-order valence-corrected chi connectivity index (χ2v) is 7.03. The highest BCUT2D eigenvalue weighted by molar-refractivity contribution is 6.35. The van der Waals surface area contributed by atoms with Gasteiger partial charge in [0.15, 0.2) is 0 Å². The molecule has 0 atom stereocenters. The second kappa shape index (κ2) is 9.28. The minimum Gasteiger partial charge on any atom is -0.343 e. The number of likely N-dealkylation sites (tertiary alicyclic amines) is 1. The van der Waals surface area contributed by atoms with Crippen molar-refractivity contribution in [2.45, 2.75) is 39.0 Å². The van der Waals surface area contributed by atoms with Crippen LogP contribution in [0.25, 0.3) is 0 Å². The van der Waals surface area contributed by atoms with Gasteiger partial charge in [-0.15, -0.1) is 0 Å². The minimum absolute atomic E-state index is 0.0217. The molecule has 1 aromatic carbocycles. The molecule has 2 amide bonds. The van der Waals surface area contributed by atoms with Crippen molar-refractivity contribution in [3.8, 4) is 0 Å². The van der Waals surface area contributed by atoms with E-state index in [2.05, 4.69) is 0 Å². The average molecular weight is 371 g/mol. The molecule has 2 rings (SSSR count). The number of hydrogen-bond donors (Lipinski definition) is 0. The highest BCUT2D eigenvalue weighted by Gasteiger charge is 2.18. The third-order valence-electron chi connectivity index (χ3n) is 4.42. The molecule has 1 saturated heterocycles. The Kier molecular flexibility index (Phi) is 7.38. The van der Waals surface area contributed by atoms with Crippen LogP contribution in [0.5, 0.6) is 0 Å². The molecule has 0 spiro atoms. The molecular weight excluding hydrogens is 347 g/mol. The lowest BCUT2D eigenvalue weighted by Crippen LogP contribution is -2.39. The fourth-order valence-electron chi connectivity index (χ4n) is 2.94. The molecule has 0 unspecified atom stereocenters. The van der Waals surface area contributed by atoms with E-state index in [1.807, 2.05) is 11.0 Å². The van der Waals surface area contributed by atoms with E-state index < -0.39 is 0 Å². The molecule has 1 heterocycles. The molecule has 1 fully saturated rings. The van der Waals surface area contributed by atoms with Crippen LogP contribution in [0.2, 0.25) is 10.0 Å². The standard InChI is InChI=1S/C18H24Cl2N2O2/c1-14(23)21(11-7-15-5-6-16(19)13-17(15)20)12-8-18(24)22-9-3-2-4-10-22/h5-6,13H,2-4,7-12H2,1H3. The zero-order valence-corrected chi connectivity index (χ0v) is 15.6. The summed E-state index contributed by atoms with van der Waals surface area (Å²) < 4.78 is 0. The molecule has 0 radical (unpaired) electrons. The van der Waals surface area contributed by atoms with E-state index in [1.54, 1.807) is 17.0 Å². The molecule has 4 nitrogen and oxygen atoms in total. The van der Waals surface area contributed by atoms with Crippen molar-refractivity contribution >= 4 is 35.0 Å². The highest BCUT2D eigenvalue weighted by atomic mass is 35.5. The molecule has 0 N–H and O–H groups in total. The molecule has 6 heteroatoms. The van der Waals surface area contributed by atoms with Gasteiger partial charge < -0.3 is 9.80 Å². The largest absolute Gasteiger partial charge is 0.343 e. The Labute approximate surface area is 153 Å². The van der Waals surface area contributed by atoms with Gasteiger partial charge in [0, 0.05) is 49.6 Å². The van der Waals surface area contributed by atoms with E-state index in [-0.39, 0.29) is 11.8 Å². The molecule has 1 aliphatic rings. The van der Waals surface area contributed by atoms with Crippen molar-refractivity contribution < 1.29 is 9.59 Å². The van der Waals surface area contributed by atoms with Gasteiger partial charge in [0.05, 0.1) is 0 Å². The van der Waals surface area contributed by atoms with Crippen molar-refractivity contribution in [1.82, 2.24) is 9.80 Å². The molecule has 1 aliphatic heterocycles. The maximum atomic E-state index is 12.2. The third kappa shape index (κ3) is 5.67. The van der Waals surface area contributed by atoms with Gasteiger partial charge >= 0.3 is 0 Å². The Morgan fingerprint density at radius 3 is 2.46 bits per heavy atom. The third-order valence-corrected chi connectivity index (χ3v) is 5.00. The van der Waals surface area contributed by atoms with Crippen molar-refractivity contribution in [3.05, 3.63) is 33.8 Å². The fraction of sp³-hybridized carbons (Fsp3) is 0.556. The second-order valence-electron chi connectivity index (χ2n) is 6.18. The van der Waals surface area contributed by atoms with E-state index in [0.717, 1.165) is 31.5 Å². The Bertz CT molecular complexity index is 586. The fourth-order valence-corrected chi connectivity index (χ4v) is 3.44. The van der Waals surface area contributed by atoms with Crippen LogP contribution in [-0.4, -0.2) is 47.8 Å². The molecule has 0 saturated carbocycles. The molecule has 0 bridgehead atoms. The summed E-state index contributed by atoms with van der Waals surface area (Å²) in [7, 11) is 0. The summed E-state index contributed by atoms with van der Waals surface area (Å²) >= 11 is 12.1. The number of carbonyl (C=O) groups is 2. The summed E-state index contributed by atoms with van der Waals surface area (Å²) in [6.07, 6.45) is 4.39. The van der Waals surface area contributed by atoms with Crippen LogP contribution in [-0.2, 0) is 16.0 Å². The van der Waals surface area contributed by atoms with Crippen molar-refractivity contribution in [3.63, 3.8) is 0 Å². The first kappa shape index (κ1) is 19.1. The van der Waals surface area contributed by atoms with Gasteiger partial charge in [-0.2, -0.15) is 0 Å². The summed E-state index contributed by atoms with van der Waals surface area (Å²) in [5.74, 6) is 0.122. The first-order chi connectivity index (χ1) is 11.5. The highest BCUT2D eigenvalue weighted by Crippen LogP contribution is 2.21.